The van der Waals surface area contributed by atoms with Gasteiger partial charge in [0.2, 0.25) is 5.88 Å². The summed E-state index contributed by atoms with van der Waals surface area (Å²) >= 11 is 2.95. The van der Waals surface area contributed by atoms with Gasteiger partial charge in [-0.25, -0.2) is 9.78 Å². The lowest BCUT2D eigenvalue weighted by Crippen LogP contribution is -2.16. The minimum atomic E-state index is -4.91. The van der Waals surface area contributed by atoms with E-state index < -0.39 is 23.4 Å². The molecule has 2 rings (SSSR count). The van der Waals surface area contributed by atoms with Gasteiger partial charge in [-0.1, -0.05) is 6.07 Å². The van der Waals surface area contributed by atoms with Gasteiger partial charge in [0, 0.05) is 6.20 Å². The molecule has 22 heavy (non-hydrogen) atoms. The Balaban J connectivity index is 2.34. The second-order valence-electron chi connectivity index (χ2n) is 4.08. The number of alkyl halides is 3. The van der Waals surface area contributed by atoms with E-state index in [1.165, 1.54) is 6.20 Å². The largest absolute Gasteiger partial charge is 0.478 e. The summed E-state index contributed by atoms with van der Waals surface area (Å²) in [7, 11) is 0. The summed E-state index contributed by atoms with van der Waals surface area (Å²) in [6, 6.07) is 5.82. The summed E-state index contributed by atoms with van der Waals surface area (Å²) in [5.74, 6) is -2.08. The number of hydrogen-bond donors (Lipinski definition) is 1. The first-order valence-corrected chi connectivity index (χ1v) is 6.62. The van der Waals surface area contributed by atoms with Crippen molar-refractivity contribution in [3.8, 4) is 5.88 Å². The molecule has 2 aromatic heterocycles. The van der Waals surface area contributed by atoms with E-state index in [2.05, 4.69) is 25.9 Å². The maximum atomic E-state index is 12.9. The second-order valence-corrected chi connectivity index (χ2v) is 4.94. The molecule has 116 valence electrons. The first-order valence-electron chi connectivity index (χ1n) is 5.83. The molecule has 0 aliphatic carbocycles. The zero-order valence-electron chi connectivity index (χ0n) is 10.8. The van der Waals surface area contributed by atoms with Gasteiger partial charge < -0.3 is 9.84 Å². The highest BCUT2D eigenvalue weighted by Crippen LogP contribution is 2.35. The van der Waals surface area contributed by atoms with E-state index in [0.29, 0.717) is 5.69 Å². The molecule has 2 aromatic rings. The van der Waals surface area contributed by atoms with Crippen molar-refractivity contribution in [3.05, 3.63) is 51.9 Å². The van der Waals surface area contributed by atoms with E-state index in [0.717, 1.165) is 6.07 Å². The van der Waals surface area contributed by atoms with Crippen LogP contribution in [-0.2, 0) is 12.8 Å². The number of carboxylic acid groups (broad SMARTS) is 1. The van der Waals surface area contributed by atoms with Crippen molar-refractivity contribution in [2.24, 2.45) is 0 Å². The molecule has 0 amide bonds. The van der Waals surface area contributed by atoms with E-state index >= 15 is 0 Å². The Hall–Kier alpha value is -2.16. The lowest BCUT2D eigenvalue weighted by molar-refractivity contribution is -0.142. The van der Waals surface area contributed by atoms with Crippen molar-refractivity contribution in [1.29, 1.82) is 0 Å². The van der Waals surface area contributed by atoms with Crippen molar-refractivity contribution in [1.82, 2.24) is 9.97 Å². The van der Waals surface area contributed by atoms with Crippen LogP contribution in [0.5, 0.6) is 5.88 Å². The van der Waals surface area contributed by atoms with Crippen molar-refractivity contribution >= 4 is 21.9 Å². The van der Waals surface area contributed by atoms with Gasteiger partial charge in [-0.3, -0.25) is 4.98 Å². The van der Waals surface area contributed by atoms with Crippen LogP contribution >= 0.6 is 15.9 Å². The molecule has 0 radical (unpaired) electrons. The Morgan fingerprint density at radius 1 is 1.36 bits per heavy atom. The minimum Gasteiger partial charge on any atom is -0.478 e. The summed E-state index contributed by atoms with van der Waals surface area (Å²) in [4.78, 5) is 18.1. The molecule has 9 heteroatoms. The van der Waals surface area contributed by atoms with Gasteiger partial charge in [0.25, 0.3) is 0 Å². The normalized spacial score (nSPS) is 11.3. The van der Waals surface area contributed by atoms with Crippen molar-refractivity contribution in [2.45, 2.75) is 12.8 Å². The van der Waals surface area contributed by atoms with Crippen molar-refractivity contribution in [2.75, 3.05) is 0 Å². The quantitative estimate of drug-likeness (QED) is 0.883. The third-order valence-electron chi connectivity index (χ3n) is 2.53. The molecule has 0 aliphatic rings. The van der Waals surface area contributed by atoms with Crippen LogP contribution in [0.3, 0.4) is 0 Å². The number of aromatic carboxylic acids is 1. The second kappa shape index (κ2) is 6.30. The molecular formula is C13H8BrF3N2O3. The van der Waals surface area contributed by atoms with Gasteiger partial charge in [-0.05, 0) is 34.1 Å². The number of halogens is 4. The first-order chi connectivity index (χ1) is 10.3. The van der Waals surface area contributed by atoms with E-state index in [9.17, 15) is 18.0 Å². The monoisotopic (exact) mass is 376 g/mol. The van der Waals surface area contributed by atoms with Crippen molar-refractivity contribution in [3.63, 3.8) is 0 Å². The maximum absolute atomic E-state index is 12.9. The highest BCUT2D eigenvalue weighted by molar-refractivity contribution is 9.10. The molecule has 0 bridgehead atoms. The Morgan fingerprint density at radius 3 is 2.64 bits per heavy atom. The number of pyridine rings is 2. The van der Waals surface area contributed by atoms with Gasteiger partial charge >= 0.3 is 12.1 Å². The van der Waals surface area contributed by atoms with Crippen LogP contribution in [0.15, 0.2) is 34.9 Å². The SMILES string of the molecule is O=C(O)c1cc(Br)c(OCc2ccccn2)nc1C(F)(F)F. The smallest absolute Gasteiger partial charge is 0.434 e. The van der Waals surface area contributed by atoms with Crippen LogP contribution < -0.4 is 4.74 Å². The third-order valence-corrected chi connectivity index (χ3v) is 3.09. The fourth-order valence-electron chi connectivity index (χ4n) is 1.58. The number of ether oxygens (including phenoxy) is 1. The van der Waals surface area contributed by atoms with Gasteiger partial charge in [0.1, 0.15) is 6.61 Å². The number of carboxylic acids is 1. The standard InChI is InChI=1S/C13H8BrF3N2O3/c14-9-5-8(12(20)21)10(13(15,16)17)19-11(9)22-6-7-3-1-2-4-18-7/h1-5H,6H2,(H,20,21). The van der Waals surface area contributed by atoms with E-state index in [4.69, 9.17) is 9.84 Å². The molecule has 0 unspecified atom stereocenters. The molecular weight excluding hydrogens is 369 g/mol. The van der Waals surface area contributed by atoms with Gasteiger partial charge in [-0.15, -0.1) is 0 Å². The predicted octanol–water partition coefficient (Wildman–Crippen LogP) is 3.54. The number of nitrogens with zero attached hydrogens (tertiary/aromatic N) is 2. The van der Waals surface area contributed by atoms with Crippen LogP contribution in [0.4, 0.5) is 13.2 Å². The highest BCUT2D eigenvalue weighted by Gasteiger charge is 2.38. The topological polar surface area (TPSA) is 72.3 Å². The fourth-order valence-corrected chi connectivity index (χ4v) is 2.01. The Morgan fingerprint density at radius 2 is 2.09 bits per heavy atom. The average Bonchev–Trinajstić information content (AvgIpc) is 2.45. The molecule has 0 spiro atoms. The lowest BCUT2D eigenvalue weighted by Gasteiger charge is -2.13. The molecule has 1 N–H and O–H groups in total. The van der Waals surface area contributed by atoms with Crippen LogP contribution in [0.25, 0.3) is 0 Å². The van der Waals surface area contributed by atoms with Gasteiger partial charge in [-0.2, -0.15) is 13.2 Å². The van der Waals surface area contributed by atoms with Crippen molar-refractivity contribution < 1.29 is 27.8 Å². The zero-order valence-corrected chi connectivity index (χ0v) is 12.3. The molecule has 0 aromatic carbocycles. The Kier molecular flexibility index (Phi) is 4.65. The summed E-state index contributed by atoms with van der Waals surface area (Å²) in [6.45, 7) is -0.101. The van der Waals surface area contributed by atoms with Crippen LogP contribution in [-0.4, -0.2) is 21.0 Å². The van der Waals surface area contributed by atoms with Crippen LogP contribution in [0, 0.1) is 0 Å². The fraction of sp³-hybridized carbons (Fsp3) is 0.154. The minimum absolute atomic E-state index is 0.00818. The van der Waals surface area contributed by atoms with Gasteiger partial charge in [0.15, 0.2) is 5.69 Å². The van der Waals surface area contributed by atoms with Crippen LogP contribution in [0.1, 0.15) is 21.7 Å². The van der Waals surface area contributed by atoms with E-state index in [-0.39, 0.29) is 17.0 Å². The summed E-state index contributed by atoms with van der Waals surface area (Å²) < 4.78 is 43.8. The lowest BCUT2D eigenvalue weighted by atomic mass is 10.2. The molecule has 0 aliphatic heterocycles. The van der Waals surface area contributed by atoms with Gasteiger partial charge in [0.05, 0.1) is 15.7 Å². The molecule has 0 fully saturated rings. The average molecular weight is 377 g/mol. The number of hydrogen-bond acceptors (Lipinski definition) is 4. The Bertz CT molecular complexity index is 693. The first kappa shape index (κ1) is 16.2. The summed E-state index contributed by atoms with van der Waals surface area (Å²) in [6.07, 6.45) is -3.40. The zero-order chi connectivity index (χ0) is 16.3. The summed E-state index contributed by atoms with van der Waals surface area (Å²) in [5, 5.41) is 8.84. The van der Waals surface area contributed by atoms with E-state index in [1.807, 2.05) is 0 Å². The molecule has 0 saturated heterocycles. The number of carbonyl (C=O) groups is 1. The molecule has 5 nitrogen and oxygen atoms in total. The number of rotatable bonds is 4. The van der Waals surface area contributed by atoms with E-state index in [1.54, 1.807) is 18.2 Å². The maximum Gasteiger partial charge on any atom is 0.434 e. The molecule has 0 atom stereocenters. The highest BCUT2D eigenvalue weighted by atomic mass is 79.9. The Labute approximate surface area is 130 Å². The number of aromatic nitrogens is 2. The third kappa shape index (κ3) is 3.73. The van der Waals surface area contributed by atoms with Crippen LogP contribution in [0.2, 0.25) is 0 Å². The molecule has 2 heterocycles. The predicted molar refractivity (Wildman–Crippen MR) is 72.5 cm³/mol. The molecule has 0 saturated carbocycles. The summed E-state index contributed by atoms with van der Waals surface area (Å²) in [5.41, 5.74) is -1.98.